The number of nitrogens with zero attached hydrogens (tertiary/aromatic N) is 1. The van der Waals surface area contributed by atoms with E-state index in [0.29, 0.717) is 17.8 Å². The first-order chi connectivity index (χ1) is 14.4. The summed E-state index contributed by atoms with van der Waals surface area (Å²) in [6, 6.07) is 10.4. The van der Waals surface area contributed by atoms with Crippen LogP contribution in [0.15, 0.2) is 42.5 Å². The van der Waals surface area contributed by atoms with E-state index in [1.54, 1.807) is 0 Å². The van der Waals surface area contributed by atoms with E-state index in [1.807, 2.05) is 24.3 Å². The topological polar surface area (TPSA) is 46.6 Å². The second-order valence-electron chi connectivity index (χ2n) is 10.4. The van der Waals surface area contributed by atoms with E-state index >= 15 is 0 Å². The van der Waals surface area contributed by atoms with Crippen LogP contribution >= 0.6 is 0 Å². The third-order valence-corrected chi connectivity index (χ3v) is 9.38. The van der Waals surface area contributed by atoms with Gasteiger partial charge in [0.1, 0.15) is 0 Å². The minimum absolute atomic E-state index is 0.0165. The fraction of sp³-hybridized carbons (Fsp3) is 0.615. The van der Waals surface area contributed by atoms with Gasteiger partial charge in [-0.3, -0.25) is 9.59 Å². The third-order valence-electron chi connectivity index (χ3n) is 9.38. The Kier molecular flexibility index (Phi) is 4.61. The average Bonchev–Trinajstić information content (AvgIpc) is 3.11. The maximum Gasteiger partial charge on any atom is 0.309 e. The summed E-state index contributed by atoms with van der Waals surface area (Å²) in [6.07, 6.45) is 10.5. The Balaban J connectivity index is 1.48. The quantitative estimate of drug-likeness (QED) is 0.649. The molecule has 7 atom stereocenters. The molecular formula is C26H33NO3. The van der Waals surface area contributed by atoms with Gasteiger partial charge in [0.05, 0.1) is 13.0 Å². The molecule has 1 amide bonds. The van der Waals surface area contributed by atoms with E-state index in [0.717, 1.165) is 44.2 Å². The van der Waals surface area contributed by atoms with Gasteiger partial charge in [-0.25, -0.2) is 0 Å². The van der Waals surface area contributed by atoms with E-state index in [2.05, 4.69) is 37.0 Å². The molecule has 3 saturated carbocycles. The SMILES string of the molecule is COC(=O)[C@H]1CC[C@H]2[C@@H]3CC[C@H]4N(c5ccccc5)C(=O)C=C[C@]4(C)[C@H]3CC[C@]12C. The van der Waals surface area contributed by atoms with Crippen LogP contribution in [0.4, 0.5) is 5.69 Å². The number of anilines is 1. The highest BCUT2D eigenvalue weighted by Crippen LogP contribution is 2.65. The number of carbonyl (C=O) groups is 2. The second kappa shape index (κ2) is 6.96. The predicted octanol–water partition coefficient (Wildman–Crippen LogP) is 4.99. The highest BCUT2D eigenvalue weighted by Gasteiger charge is 2.62. The minimum Gasteiger partial charge on any atom is -0.469 e. The lowest BCUT2D eigenvalue weighted by Crippen LogP contribution is -2.61. The van der Waals surface area contributed by atoms with Crippen molar-refractivity contribution in [1.29, 1.82) is 0 Å². The number of carbonyl (C=O) groups excluding carboxylic acids is 2. The van der Waals surface area contributed by atoms with Gasteiger partial charge in [-0.1, -0.05) is 38.1 Å². The Labute approximate surface area is 179 Å². The van der Waals surface area contributed by atoms with Gasteiger partial charge in [-0.15, -0.1) is 0 Å². The number of amides is 1. The van der Waals surface area contributed by atoms with Crippen LogP contribution in [0.2, 0.25) is 0 Å². The lowest BCUT2D eigenvalue weighted by atomic mass is 9.47. The van der Waals surface area contributed by atoms with Gasteiger partial charge < -0.3 is 9.64 Å². The van der Waals surface area contributed by atoms with E-state index in [9.17, 15) is 9.59 Å². The average molecular weight is 408 g/mol. The summed E-state index contributed by atoms with van der Waals surface area (Å²) in [5.74, 6) is 1.89. The molecule has 3 aliphatic carbocycles. The number of hydrogen-bond acceptors (Lipinski definition) is 3. The number of fused-ring (bicyclic) bond motifs is 5. The van der Waals surface area contributed by atoms with Crippen molar-refractivity contribution in [3.63, 3.8) is 0 Å². The molecule has 4 nitrogen and oxygen atoms in total. The molecule has 3 fully saturated rings. The summed E-state index contributed by atoms with van der Waals surface area (Å²) in [6.45, 7) is 4.72. The van der Waals surface area contributed by atoms with Crippen LogP contribution in [0.25, 0.3) is 0 Å². The van der Waals surface area contributed by atoms with Gasteiger partial charge in [-0.05, 0) is 73.8 Å². The molecule has 1 aromatic rings. The molecule has 0 aromatic heterocycles. The van der Waals surface area contributed by atoms with E-state index < -0.39 is 0 Å². The monoisotopic (exact) mass is 407 g/mol. The Morgan fingerprint density at radius 2 is 1.80 bits per heavy atom. The normalized spacial score (nSPS) is 42.3. The molecule has 30 heavy (non-hydrogen) atoms. The van der Waals surface area contributed by atoms with Crippen LogP contribution in [0.1, 0.15) is 52.4 Å². The summed E-state index contributed by atoms with van der Waals surface area (Å²) in [5, 5.41) is 0. The Bertz CT molecular complexity index is 880. The molecule has 4 aliphatic rings. The van der Waals surface area contributed by atoms with Crippen LogP contribution in [-0.4, -0.2) is 25.0 Å². The summed E-state index contributed by atoms with van der Waals surface area (Å²) in [7, 11) is 1.53. The van der Waals surface area contributed by atoms with Crippen molar-refractivity contribution in [2.75, 3.05) is 12.0 Å². The Morgan fingerprint density at radius 3 is 2.53 bits per heavy atom. The maximum absolute atomic E-state index is 12.9. The number of hydrogen-bond donors (Lipinski definition) is 0. The fourth-order valence-corrected chi connectivity index (χ4v) is 7.92. The lowest BCUT2D eigenvalue weighted by Gasteiger charge is -2.60. The van der Waals surface area contributed by atoms with Gasteiger partial charge in [0.25, 0.3) is 5.91 Å². The van der Waals surface area contributed by atoms with Crippen molar-refractivity contribution in [3.05, 3.63) is 42.5 Å². The summed E-state index contributed by atoms with van der Waals surface area (Å²) in [5.41, 5.74) is 1.05. The number of methoxy groups -OCH3 is 1. The van der Waals surface area contributed by atoms with E-state index in [-0.39, 0.29) is 34.7 Å². The van der Waals surface area contributed by atoms with Crippen molar-refractivity contribution >= 4 is 17.6 Å². The molecule has 4 heteroatoms. The highest BCUT2D eigenvalue weighted by molar-refractivity contribution is 6.03. The molecule has 0 bridgehead atoms. The molecule has 0 N–H and O–H groups in total. The molecule has 0 radical (unpaired) electrons. The first-order valence-electron chi connectivity index (χ1n) is 11.6. The largest absolute Gasteiger partial charge is 0.469 e. The van der Waals surface area contributed by atoms with Crippen LogP contribution in [-0.2, 0) is 14.3 Å². The molecule has 1 aromatic carbocycles. The van der Waals surface area contributed by atoms with Crippen molar-refractivity contribution in [1.82, 2.24) is 0 Å². The predicted molar refractivity (Wildman–Crippen MR) is 117 cm³/mol. The third kappa shape index (κ3) is 2.65. The first-order valence-corrected chi connectivity index (χ1v) is 11.6. The van der Waals surface area contributed by atoms with Gasteiger partial charge in [0, 0.05) is 23.2 Å². The van der Waals surface area contributed by atoms with Gasteiger partial charge in [-0.2, -0.15) is 0 Å². The molecule has 1 aliphatic heterocycles. The van der Waals surface area contributed by atoms with E-state index in [1.165, 1.54) is 7.11 Å². The van der Waals surface area contributed by atoms with Crippen molar-refractivity contribution < 1.29 is 14.3 Å². The standard InChI is InChI=1S/C26H33NO3/c1-25-15-13-20-18(19(25)10-11-21(25)24(29)30-3)9-12-22-26(20,2)16-14-23(28)27(22)17-7-5-4-6-8-17/h4-8,14,16,18-22H,9-13,15H2,1-3H3/t18-,19-,20-,21+,22+,25-,26+/m0/s1. The number of rotatable bonds is 2. The second-order valence-corrected chi connectivity index (χ2v) is 10.4. The summed E-state index contributed by atoms with van der Waals surface area (Å²) < 4.78 is 5.17. The lowest BCUT2D eigenvalue weighted by molar-refractivity contribution is -0.153. The van der Waals surface area contributed by atoms with Gasteiger partial charge in [0.15, 0.2) is 0 Å². The van der Waals surface area contributed by atoms with Crippen LogP contribution in [0.3, 0.4) is 0 Å². The number of ether oxygens (including phenoxy) is 1. The zero-order chi connectivity index (χ0) is 21.1. The van der Waals surface area contributed by atoms with Gasteiger partial charge >= 0.3 is 5.97 Å². The number of esters is 1. The van der Waals surface area contributed by atoms with Crippen LogP contribution in [0.5, 0.6) is 0 Å². The maximum atomic E-state index is 12.9. The minimum atomic E-state index is -0.0169. The van der Waals surface area contributed by atoms with Crippen LogP contribution in [0, 0.1) is 34.5 Å². The highest BCUT2D eigenvalue weighted by atomic mass is 16.5. The molecule has 1 heterocycles. The van der Waals surface area contributed by atoms with E-state index in [4.69, 9.17) is 4.74 Å². The van der Waals surface area contributed by atoms with Crippen LogP contribution < -0.4 is 4.90 Å². The zero-order valence-corrected chi connectivity index (χ0v) is 18.3. The molecule has 5 rings (SSSR count). The molecule has 0 saturated heterocycles. The van der Waals surface area contributed by atoms with Crippen molar-refractivity contribution in [2.24, 2.45) is 34.5 Å². The number of benzene rings is 1. The summed E-state index contributed by atoms with van der Waals surface area (Å²) >= 11 is 0. The summed E-state index contributed by atoms with van der Waals surface area (Å²) in [4.78, 5) is 27.5. The molecule has 160 valence electrons. The molecule has 0 spiro atoms. The van der Waals surface area contributed by atoms with Crippen molar-refractivity contribution in [2.45, 2.75) is 58.4 Å². The molecule has 0 unspecified atom stereocenters. The fourth-order valence-electron chi connectivity index (χ4n) is 7.92. The smallest absolute Gasteiger partial charge is 0.309 e. The zero-order valence-electron chi connectivity index (χ0n) is 18.3. The molecular weight excluding hydrogens is 374 g/mol. The van der Waals surface area contributed by atoms with Crippen molar-refractivity contribution in [3.8, 4) is 0 Å². The number of para-hydroxylation sites is 1. The van der Waals surface area contributed by atoms with Gasteiger partial charge in [0.2, 0.25) is 0 Å². The first kappa shape index (κ1) is 19.8. The Hall–Kier alpha value is -2.10. The Morgan fingerprint density at radius 1 is 1.03 bits per heavy atom.